The zero-order valence-corrected chi connectivity index (χ0v) is 13.5. The van der Waals surface area contributed by atoms with E-state index < -0.39 is 0 Å². The number of hydrazine groups is 1. The summed E-state index contributed by atoms with van der Waals surface area (Å²) in [6.45, 7) is 3.13. The number of nitrogen functional groups attached to an aromatic ring is 1. The summed E-state index contributed by atoms with van der Waals surface area (Å²) in [5.41, 5.74) is 2.69. The molecule has 0 aromatic carbocycles. The molecule has 0 spiro atoms. The van der Waals surface area contributed by atoms with Gasteiger partial charge >= 0.3 is 0 Å². The minimum absolute atomic E-state index is 0.651. The molecule has 0 radical (unpaired) electrons. The average Bonchev–Trinajstić information content (AvgIpc) is 2.95. The van der Waals surface area contributed by atoms with Crippen molar-refractivity contribution < 1.29 is 0 Å². The molecule has 0 amide bonds. The van der Waals surface area contributed by atoms with Gasteiger partial charge in [-0.1, -0.05) is 6.92 Å². The number of nitrogens with one attached hydrogen (secondary N) is 1. The quantitative estimate of drug-likeness (QED) is 0.671. The van der Waals surface area contributed by atoms with Crippen molar-refractivity contribution in [2.24, 2.45) is 11.8 Å². The Bertz CT molecular complexity index is 603. The second-order valence-electron chi connectivity index (χ2n) is 6.10. The predicted octanol–water partition coefficient (Wildman–Crippen LogP) is 2.99. The Morgan fingerprint density at radius 1 is 1.33 bits per heavy atom. The first-order valence-corrected chi connectivity index (χ1v) is 8.46. The van der Waals surface area contributed by atoms with Crippen LogP contribution in [0.2, 0.25) is 0 Å². The van der Waals surface area contributed by atoms with Crippen LogP contribution in [0.3, 0.4) is 0 Å². The topological polar surface area (TPSA) is 67.1 Å². The van der Waals surface area contributed by atoms with Crippen LogP contribution in [-0.4, -0.2) is 28.0 Å². The molecule has 1 saturated carbocycles. The van der Waals surface area contributed by atoms with Gasteiger partial charge in [0.1, 0.15) is 10.7 Å². The molecule has 0 atom stereocenters. The summed E-state index contributed by atoms with van der Waals surface area (Å²) in [6, 6.07) is 2.66. The van der Waals surface area contributed by atoms with Gasteiger partial charge in [-0.3, -0.25) is 4.90 Å². The molecule has 1 fully saturated rings. The number of hydrogen-bond acceptors (Lipinski definition) is 6. The molecule has 3 N–H and O–H groups in total. The second-order valence-corrected chi connectivity index (χ2v) is 7.00. The molecule has 2 aromatic heterocycles. The average molecular weight is 305 g/mol. The number of fused-ring (bicyclic) bond motifs is 1. The lowest BCUT2D eigenvalue weighted by Gasteiger charge is -2.33. The number of nitrogens with zero attached hydrogens (tertiary/aromatic N) is 3. The van der Waals surface area contributed by atoms with Crippen molar-refractivity contribution in [3.05, 3.63) is 17.3 Å². The molecule has 0 unspecified atom stereocenters. The van der Waals surface area contributed by atoms with Crippen LogP contribution in [0.1, 0.15) is 38.4 Å². The number of aromatic nitrogens is 2. The monoisotopic (exact) mass is 305 g/mol. The van der Waals surface area contributed by atoms with Crippen LogP contribution in [0.25, 0.3) is 10.2 Å². The fourth-order valence-electron chi connectivity index (χ4n) is 3.12. The fourth-order valence-corrected chi connectivity index (χ4v) is 3.90. The van der Waals surface area contributed by atoms with Gasteiger partial charge in [0, 0.05) is 6.04 Å². The molecule has 1 aliphatic rings. The van der Waals surface area contributed by atoms with Crippen LogP contribution in [0, 0.1) is 5.92 Å². The van der Waals surface area contributed by atoms with E-state index in [-0.39, 0.29) is 0 Å². The van der Waals surface area contributed by atoms with E-state index in [0.717, 1.165) is 34.3 Å². The summed E-state index contributed by atoms with van der Waals surface area (Å²) in [7, 11) is 2.18. The summed E-state index contributed by atoms with van der Waals surface area (Å²) in [5, 5.41) is 3.02. The van der Waals surface area contributed by atoms with Crippen molar-refractivity contribution in [1.82, 2.24) is 14.9 Å². The summed E-state index contributed by atoms with van der Waals surface area (Å²) < 4.78 is 0. The Balaban J connectivity index is 1.74. The Morgan fingerprint density at radius 2 is 2.10 bits per heavy atom. The minimum Gasteiger partial charge on any atom is -0.308 e. The Morgan fingerprint density at radius 3 is 2.81 bits per heavy atom. The first-order valence-electron chi connectivity index (χ1n) is 7.58. The second kappa shape index (κ2) is 6.25. The molecule has 2 aromatic rings. The molecule has 0 bridgehead atoms. The highest BCUT2D eigenvalue weighted by molar-refractivity contribution is 7.16. The van der Waals surface area contributed by atoms with E-state index in [4.69, 9.17) is 5.84 Å². The lowest BCUT2D eigenvalue weighted by Crippen LogP contribution is -2.34. The van der Waals surface area contributed by atoms with Gasteiger partial charge in [-0.2, -0.15) is 0 Å². The van der Waals surface area contributed by atoms with Crippen LogP contribution in [0.5, 0.6) is 0 Å². The molecule has 6 heteroatoms. The molecular weight excluding hydrogens is 282 g/mol. The summed E-state index contributed by atoms with van der Waals surface area (Å²) >= 11 is 1.63. The Labute approximate surface area is 129 Å². The van der Waals surface area contributed by atoms with Crippen LogP contribution in [0.4, 0.5) is 5.82 Å². The van der Waals surface area contributed by atoms with Crippen molar-refractivity contribution in [1.29, 1.82) is 0 Å². The maximum atomic E-state index is 5.58. The van der Waals surface area contributed by atoms with Gasteiger partial charge < -0.3 is 5.43 Å². The zero-order chi connectivity index (χ0) is 14.8. The third-order valence-corrected chi connectivity index (χ3v) is 5.31. The standard InChI is InChI=1S/C15H23N5S/c1-10-3-5-11(6-4-10)20(2)9-13-17-14(19-16)12-7-8-21-15(12)18-13/h7-8,10-11H,3-6,9,16H2,1-2H3,(H,17,18,19). The van der Waals surface area contributed by atoms with E-state index in [2.05, 4.69) is 34.3 Å². The Hall–Kier alpha value is -1.24. The molecule has 3 rings (SSSR count). The van der Waals surface area contributed by atoms with Crippen LogP contribution >= 0.6 is 11.3 Å². The van der Waals surface area contributed by atoms with Crippen LogP contribution in [0.15, 0.2) is 11.4 Å². The van der Waals surface area contributed by atoms with E-state index in [1.807, 2.05) is 11.4 Å². The van der Waals surface area contributed by atoms with Gasteiger partial charge in [-0.05, 0) is 50.1 Å². The van der Waals surface area contributed by atoms with Crippen molar-refractivity contribution in [3.8, 4) is 0 Å². The van der Waals surface area contributed by atoms with Crippen molar-refractivity contribution in [2.45, 2.75) is 45.2 Å². The molecule has 0 aliphatic heterocycles. The van der Waals surface area contributed by atoms with Gasteiger partial charge in [0.2, 0.25) is 0 Å². The lowest BCUT2D eigenvalue weighted by atomic mass is 9.87. The lowest BCUT2D eigenvalue weighted by molar-refractivity contribution is 0.161. The van der Waals surface area contributed by atoms with Gasteiger partial charge in [-0.15, -0.1) is 11.3 Å². The fraction of sp³-hybridized carbons (Fsp3) is 0.600. The summed E-state index contributed by atoms with van der Waals surface area (Å²) in [5.74, 6) is 8.03. The third-order valence-electron chi connectivity index (χ3n) is 4.51. The molecule has 2 heterocycles. The van der Waals surface area contributed by atoms with E-state index in [1.165, 1.54) is 25.7 Å². The Kier molecular flexibility index (Phi) is 4.37. The minimum atomic E-state index is 0.651. The smallest absolute Gasteiger partial charge is 0.152 e. The first-order chi connectivity index (χ1) is 10.2. The van der Waals surface area contributed by atoms with E-state index >= 15 is 0 Å². The van der Waals surface area contributed by atoms with Crippen molar-refractivity contribution in [2.75, 3.05) is 12.5 Å². The van der Waals surface area contributed by atoms with Gasteiger partial charge in [0.15, 0.2) is 5.82 Å². The number of anilines is 1. The summed E-state index contributed by atoms with van der Waals surface area (Å²) in [4.78, 5) is 12.6. The zero-order valence-electron chi connectivity index (χ0n) is 12.7. The summed E-state index contributed by atoms with van der Waals surface area (Å²) in [6.07, 6.45) is 5.21. The van der Waals surface area contributed by atoms with Gasteiger partial charge in [0.05, 0.1) is 11.9 Å². The van der Waals surface area contributed by atoms with Crippen molar-refractivity contribution >= 4 is 27.4 Å². The van der Waals surface area contributed by atoms with E-state index in [1.54, 1.807) is 11.3 Å². The molecule has 0 saturated heterocycles. The number of thiophene rings is 1. The highest BCUT2D eigenvalue weighted by atomic mass is 32.1. The molecule has 1 aliphatic carbocycles. The molecule has 114 valence electrons. The highest BCUT2D eigenvalue weighted by Gasteiger charge is 2.22. The number of hydrogen-bond donors (Lipinski definition) is 2. The molecule has 21 heavy (non-hydrogen) atoms. The SMILES string of the molecule is CC1CCC(N(C)Cc2nc(NN)c3ccsc3n2)CC1. The number of nitrogens with two attached hydrogens (primary N) is 1. The largest absolute Gasteiger partial charge is 0.308 e. The van der Waals surface area contributed by atoms with Gasteiger partial charge in [-0.25, -0.2) is 15.8 Å². The highest BCUT2D eigenvalue weighted by Crippen LogP contribution is 2.28. The first kappa shape index (κ1) is 14.7. The third kappa shape index (κ3) is 3.17. The van der Waals surface area contributed by atoms with Crippen molar-refractivity contribution in [3.63, 3.8) is 0 Å². The normalized spacial score (nSPS) is 22.9. The van der Waals surface area contributed by atoms with Gasteiger partial charge in [0.25, 0.3) is 0 Å². The maximum Gasteiger partial charge on any atom is 0.152 e. The van der Waals surface area contributed by atoms with Crippen LogP contribution in [-0.2, 0) is 6.54 Å². The number of rotatable bonds is 4. The molecule has 5 nitrogen and oxygen atoms in total. The van der Waals surface area contributed by atoms with Crippen LogP contribution < -0.4 is 11.3 Å². The molecular formula is C15H23N5S. The van der Waals surface area contributed by atoms with E-state index in [0.29, 0.717) is 6.04 Å². The maximum absolute atomic E-state index is 5.58. The van der Waals surface area contributed by atoms with E-state index in [9.17, 15) is 0 Å². The predicted molar refractivity (Wildman–Crippen MR) is 88.1 cm³/mol.